The third-order valence-electron chi connectivity index (χ3n) is 2.27. The summed E-state index contributed by atoms with van der Waals surface area (Å²) in [6.45, 7) is 0. The quantitative estimate of drug-likeness (QED) is 0.893. The van der Waals surface area contributed by atoms with Crippen molar-refractivity contribution in [2.24, 2.45) is 0 Å². The van der Waals surface area contributed by atoms with Crippen LogP contribution in [-0.2, 0) is 14.6 Å². The van der Waals surface area contributed by atoms with E-state index in [1.807, 2.05) is 0 Å². The Balaban J connectivity index is 2.59. The molecule has 1 aromatic rings. The van der Waals surface area contributed by atoms with Crippen molar-refractivity contribution in [3.63, 3.8) is 0 Å². The molecule has 0 amide bonds. The molecule has 1 heterocycles. The lowest BCUT2D eigenvalue weighted by molar-refractivity contribution is -0.131. The van der Waals surface area contributed by atoms with Crippen molar-refractivity contribution >= 4 is 33.0 Å². The summed E-state index contributed by atoms with van der Waals surface area (Å²) in [5, 5.41) is 10.1. The average Bonchev–Trinajstić information content (AvgIpc) is 2.55. The van der Waals surface area contributed by atoms with Gasteiger partial charge in [-0.3, -0.25) is 0 Å². The molecule has 1 aliphatic rings. The smallest absolute Gasteiger partial charge is 0.347 e. The van der Waals surface area contributed by atoms with Gasteiger partial charge in [0.25, 0.3) is 0 Å². The number of hydrogen-bond donors (Lipinski definition) is 1. The Morgan fingerprint density at radius 1 is 1.24 bits per heavy atom. The topological polar surface area (TPSA) is 71.4 Å². The maximum atomic E-state index is 11.5. The van der Waals surface area contributed by atoms with E-state index in [1.54, 1.807) is 24.3 Å². The summed E-state index contributed by atoms with van der Waals surface area (Å²) >= 11 is 5.91. The Bertz CT molecular complexity index is 656. The summed E-state index contributed by atoms with van der Waals surface area (Å²) in [5.74, 6) is -1.47. The number of allylic oxidation sites excluding steroid dienone is 2. The molecule has 17 heavy (non-hydrogen) atoms. The minimum Gasteiger partial charge on any atom is -0.477 e. The average molecular weight is 271 g/mol. The summed E-state index contributed by atoms with van der Waals surface area (Å²) < 4.78 is 23.1. The molecular formula is C11H7ClO4S. The van der Waals surface area contributed by atoms with E-state index in [2.05, 4.69) is 0 Å². The molecule has 0 unspecified atom stereocenters. The number of carboxylic acid groups (broad SMARTS) is 1. The van der Waals surface area contributed by atoms with Crippen LogP contribution < -0.4 is 0 Å². The van der Waals surface area contributed by atoms with Crippen LogP contribution in [0.1, 0.15) is 5.56 Å². The van der Waals surface area contributed by atoms with Crippen molar-refractivity contribution in [1.82, 2.24) is 0 Å². The molecule has 88 valence electrons. The second kappa shape index (κ2) is 4.01. The van der Waals surface area contributed by atoms with Gasteiger partial charge in [0.2, 0.25) is 9.84 Å². The first-order valence-electron chi connectivity index (χ1n) is 4.58. The minimum absolute atomic E-state index is 0.285. The highest BCUT2D eigenvalue weighted by Gasteiger charge is 2.29. The zero-order valence-electron chi connectivity index (χ0n) is 8.42. The molecule has 1 aromatic carbocycles. The SMILES string of the molecule is O=C(O)C1=CC(c2ccccc2Cl)=CS1(=O)=O. The zero-order chi connectivity index (χ0) is 12.6. The standard InChI is InChI=1S/C11H7ClO4S/c12-9-4-2-1-3-8(9)7-5-10(11(13)14)17(15,16)6-7/h1-6H,(H,13,14). The van der Waals surface area contributed by atoms with Gasteiger partial charge in [-0.15, -0.1) is 0 Å². The molecule has 1 aliphatic heterocycles. The third-order valence-corrected chi connectivity index (χ3v) is 4.07. The monoisotopic (exact) mass is 270 g/mol. The Morgan fingerprint density at radius 3 is 2.41 bits per heavy atom. The predicted molar refractivity (Wildman–Crippen MR) is 64.1 cm³/mol. The van der Waals surface area contributed by atoms with Crippen molar-refractivity contribution in [3.8, 4) is 0 Å². The van der Waals surface area contributed by atoms with Crippen molar-refractivity contribution in [2.75, 3.05) is 0 Å². The van der Waals surface area contributed by atoms with Crippen molar-refractivity contribution in [1.29, 1.82) is 0 Å². The summed E-state index contributed by atoms with van der Waals surface area (Å²) in [5.41, 5.74) is 0.780. The van der Waals surface area contributed by atoms with Crippen LogP contribution in [-0.4, -0.2) is 19.5 Å². The maximum Gasteiger partial charge on any atom is 0.347 e. The molecule has 0 spiro atoms. The van der Waals surface area contributed by atoms with Gasteiger partial charge in [0.05, 0.1) is 0 Å². The van der Waals surface area contributed by atoms with Gasteiger partial charge < -0.3 is 5.11 Å². The Morgan fingerprint density at radius 2 is 1.88 bits per heavy atom. The molecule has 0 atom stereocenters. The summed E-state index contributed by atoms with van der Waals surface area (Å²) in [4.78, 5) is 10.1. The zero-order valence-corrected chi connectivity index (χ0v) is 9.99. The van der Waals surface area contributed by atoms with Gasteiger partial charge in [-0.1, -0.05) is 29.8 Å². The number of carboxylic acids is 1. The number of halogens is 1. The lowest BCUT2D eigenvalue weighted by Crippen LogP contribution is -2.07. The maximum absolute atomic E-state index is 11.5. The summed E-state index contributed by atoms with van der Waals surface area (Å²) in [6.07, 6.45) is 1.11. The number of rotatable bonds is 2. The fourth-order valence-corrected chi connectivity index (χ4v) is 2.94. The van der Waals surface area contributed by atoms with Gasteiger partial charge in [0.1, 0.15) is 0 Å². The van der Waals surface area contributed by atoms with E-state index in [-0.39, 0.29) is 5.57 Å². The van der Waals surface area contributed by atoms with E-state index < -0.39 is 20.7 Å². The van der Waals surface area contributed by atoms with Crippen molar-refractivity contribution < 1.29 is 18.3 Å². The Labute approximate surface area is 103 Å². The van der Waals surface area contributed by atoms with Gasteiger partial charge >= 0.3 is 5.97 Å². The van der Waals surface area contributed by atoms with E-state index >= 15 is 0 Å². The predicted octanol–water partition coefficient (Wildman–Crippen LogP) is 2.08. The van der Waals surface area contributed by atoms with Crippen molar-refractivity contribution in [3.05, 3.63) is 51.2 Å². The molecule has 2 rings (SSSR count). The van der Waals surface area contributed by atoms with Crippen LogP contribution in [0, 0.1) is 0 Å². The fourth-order valence-electron chi connectivity index (χ4n) is 1.51. The second-order valence-corrected chi connectivity index (χ2v) is 5.58. The number of carbonyl (C=O) groups is 1. The Hall–Kier alpha value is -1.59. The number of aliphatic carboxylic acids is 1. The molecule has 0 aromatic heterocycles. The molecule has 1 N–H and O–H groups in total. The molecule has 0 aliphatic carbocycles. The van der Waals surface area contributed by atoms with E-state index in [0.717, 1.165) is 11.5 Å². The van der Waals surface area contributed by atoms with Crippen molar-refractivity contribution in [2.45, 2.75) is 0 Å². The molecule has 0 fully saturated rings. The van der Waals surface area contributed by atoms with E-state index in [9.17, 15) is 13.2 Å². The molecular weight excluding hydrogens is 264 g/mol. The van der Waals surface area contributed by atoms with Gasteiger partial charge in [-0.25, -0.2) is 13.2 Å². The van der Waals surface area contributed by atoms with Crippen LogP contribution in [0.5, 0.6) is 0 Å². The van der Waals surface area contributed by atoms with Crippen LogP contribution in [0.25, 0.3) is 5.57 Å². The fraction of sp³-hybridized carbons (Fsp3) is 0. The first-order chi connectivity index (χ1) is 7.92. The lowest BCUT2D eigenvalue weighted by Gasteiger charge is -2.00. The van der Waals surface area contributed by atoms with Crippen LogP contribution >= 0.6 is 11.6 Å². The van der Waals surface area contributed by atoms with Gasteiger partial charge in [-0.05, 0) is 17.7 Å². The molecule has 4 nitrogen and oxygen atoms in total. The van der Waals surface area contributed by atoms with Crippen LogP contribution in [0.15, 0.2) is 40.7 Å². The van der Waals surface area contributed by atoms with Crippen LogP contribution in [0.4, 0.5) is 0 Å². The first kappa shape index (κ1) is 11.9. The normalized spacial score (nSPS) is 17.5. The van der Waals surface area contributed by atoms with Gasteiger partial charge in [0, 0.05) is 16.0 Å². The Kier molecular flexibility index (Phi) is 2.81. The molecule has 0 saturated carbocycles. The van der Waals surface area contributed by atoms with E-state index in [4.69, 9.17) is 16.7 Å². The van der Waals surface area contributed by atoms with Gasteiger partial charge in [0.15, 0.2) is 4.91 Å². The van der Waals surface area contributed by atoms with E-state index in [1.165, 1.54) is 0 Å². The number of sulfone groups is 1. The minimum atomic E-state index is -3.86. The molecule has 0 bridgehead atoms. The van der Waals surface area contributed by atoms with E-state index in [0.29, 0.717) is 10.6 Å². The highest BCUT2D eigenvalue weighted by molar-refractivity contribution is 7.99. The summed E-state index contributed by atoms with van der Waals surface area (Å²) in [7, 11) is -3.86. The van der Waals surface area contributed by atoms with Gasteiger partial charge in [-0.2, -0.15) is 0 Å². The van der Waals surface area contributed by atoms with Crippen LogP contribution in [0.3, 0.4) is 0 Å². The third kappa shape index (κ3) is 2.11. The first-order valence-corrected chi connectivity index (χ1v) is 6.51. The lowest BCUT2D eigenvalue weighted by atomic mass is 10.1. The molecule has 0 saturated heterocycles. The number of hydrogen-bond acceptors (Lipinski definition) is 3. The number of benzene rings is 1. The second-order valence-electron chi connectivity index (χ2n) is 3.41. The highest BCUT2D eigenvalue weighted by atomic mass is 35.5. The molecule has 0 radical (unpaired) electrons. The largest absolute Gasteiger partial charge is 0.477 e. The molecule has 6 heteroatoms. The highest BCUT2D eigenvalue weighted by Crippen LogP contribution is 2.32. The van der Waals surface area contributed by atoms with Crippen LogP contribution in [0.2, 0.25) is 5.02 Å². The summed E-state index contributed by atoms with van der Waals surface area (Å²) in [6, 6.07) is 6.64.